The SMILES string of the molecule is O=C(O)c1ccc(SCc2cn3cccnc3n2)nc1. The van der Waals surface area contributed by atoms with E-state index in [9.17, 15) is 4.79 Å². The second-order valence-corrected chi connectivity index (χ2v) is 5.03. The molecule has 20 heavy (non-hydrogen) atoms. The van der Waals surface area contributed by atoms with Gasteiger partial charge in [0.05, 0.1) is 16.3 Å². The highest BCUT2D eigenvalue weighted by Crippen LogP contribution is 2.20. The number of imidazole rings is 1. The predicted molar refractivity (Wildman–Crippen MR) is 73.7 cm³/mol. The Kier molecular flexibility index (Phi) is 3.34. The molecular weight excluding hydrogens is 276 g/mol. The van der Waals surface area contributed by atoms with Crippen LogP contribution in [0.3, 0.4) is 0 Å². The number of hydrogen-bond donors (Lipinski definition) is 1. The molecular formula is C13H10N4O2S. The Balaban J connectivity index is 1.71. The number of pyridine rings is 1. The Morgan fingerprint density at radius 3 is 2.95 bits per heavy atom. The Morgan fingerprint density at radius 1 is 1.35 bits per heavy atom. The molecule has 0 amide bonds. The van der Waals surface area contributed by atoms with Crippen LogP contribution < -0.4 is 0 Å². The van der Waals surface area contributed by atoms with Crippen molar-refractivity contribution in [2.45, 2.75) is 10.8 Å². The molecule has 0 fully saturated rings. The molecule has 1 N–H and O–H groups in total. The molecule has 0 spiro atoms. The fraction of sp³-hybridized carbons (Fsp3) is 0.0769. The summed E-state index contributed by atoms with van der Waals surface area (Å²) < 4.78 is 1.86. The number of carbonyl (C=O) groups is 1. The second kappa shape index (κ2) is 5.30. The minimum Gasteiger partial charge on any atom is -0.478 e. The highest BCUT2D eigenvalue weighted by molar-refractivity contribution is 7.98. The number of aromatic carboxylic acids is 1. The summed E-state index contributed by atoms with van der Waals surface area (Å²) in [6.07, 6.45) is 6.87. The van der Waals surface area contributed by atoms with E-state index in [0.717, 1.165) is 10.7 Å². The standard InChI is InChI=1S/C13H10N4O2S/c18-12(19)9-2-3-11(15-6-9)20-8-10-7-17-5-1-4-14-13(17)16-10/h1-7H,8H2,(H,18,19). The van der Waals surface area contributed by atoms with Crippen LogP contribution in [0.25, 0.3) is 5.78 Å². The average molecular weight is 286 g/mol. The lowest BCUT2D eigenvalue weighted by Gasteiger charge is -1.99. The minimum absolute atomic E-state index is 0.186. The quantitative estimate of drug-likeness (QED) is 0.740. The Hall–Kier alpha value is -2.41. The summed E-state index contributed by atoms with van der Waals surface area (Å²) in [5.74, 6) is 0.348. The highest BCUT2D eigenvalue weighted by Gasteiger charge is 2.05. The van der Waals surface area contributed by atoms with Crippen molar-refractivity contribution < 1.29 is 9.90 Å². The molecule has 3 aromatic heterocycles. The van der Waals surface area contributed by atoms with Crippen LogP contribution in [0.4, 0.5) is 0 Å². The van der Waals surface area contributed by atoms with Gasteiger partial charge in [-0.15, -0.1) is 0 Å². The van der Waals surface area contributed by atoms with E-state index in [1.807, 2.05) is 22.9 Å². The summed E-state index contributed by atoms with van der Waals surface area (Å²) in [5, 5.41) is 9.56. The smallest absolute Gasteiger partial charge is 0.337 e. The summed E-state index contributed by atoms with van der Waals surface area (Å²) >= 11 is 1.50. The first-order valence-corrected chi connectivity index (χ1v) is 6.82. The first-order chi connectivity index (χ1) is 9.72. The highest BCUT2D eigenvalue weighted by atomic mass is 32.2. The van der Waals surface area contributed by atoms with Crippen molar-refractivity contribution in [1.29, 1.82) is 0 Å². The van der Waals surface area contributed by atoms with E-state index in [1.165, 1.54) is 18.0 Å². The normalized spacial score (nSPS) is 10.8. The van der Waals surface area contributed by atoms with Crippen LogP contribution in [0, 0.1) is 0 Å². The largest absolute Gasteiger partial charge is 0.478 e. The molecule has 0 bridgehead atoms. The van der Waals surface area contributed by atoms with E-state index in [2.05, 4.69) is 15.0 Å². The minimum atomic E-state index is -0.972. The number of thioether (sulfide) groups is 1. The van der Waals surface area contributed by atoms with Gasteiger partial charge in [-0.1, -0.05) is 11.8 Å². The van der Waals surface area contributed by atoms with Crippen LogP contribution in [0.15, 0.2) is 48.0 Å². The molecule has 0 radical (unpaired) electrons. The van der Waals surface area contributed by atoms with Crippen molar-refractivity contribution in [3.63, 3.8) is 0 Å². The van der Waals surface area contributed by atoms with Crippen molar-refractivity contribution in [2.24, 2.45) is 0 Å². The van der Waals surface area contributed by atoms with Gasteiger partial charge in [-0.05, 0) is 18.2 Å². The molecule has 0 saturated carbocycles. The maximum Gasteiger partial charge on any atom is 0.337 e. The van der Waals surface area contributed by atoms with Gasteiger partial charge in [0.15, 0.2) is 0 Å². The fourth-order valence-corrected chi connectivity index (χ4v) is 2.42. The number of fused-ring (bicyclic) bond motifs is 1. The van der Waals surface area contributed by atoms with Gasteiger partial charge in [-0.25, -0.2) is 19.7 Å². The molecule has 3 rings (SSSR count). The Morgan fingerprint density at radius 2 is 2.25 bits per heavy atom. The van der Waals surface area contributed by atoms with Gasteiger partial charge in [0.1, 0.15) is 0 Å². The summed E-state index contributed by atoms with van der Waals surface area (Å²) in [6.45, 7) is 0. The van der Waals surface area contributed by atoms with Crippen LogP contribution in [-0.4, -0.2) is 30.4 Å². The van der Waals surface area contributed by atoms with E-state index < -0.39 is 5.97 Å². The molecule has 6 nitrogen and oxygen atoms in total. The zero-order valence-corrected chi connectivity index (χ0v) is 11.1. The lowest BCUT2D eigenvalue weighted by atomic mass is 10.3. The van der Waals surface area contributed by atoms with Crippen molar-refractivity contribution in [2.75, 3.05) is 0 Å². The van der Waals surface area contributed by atoms with E-state index in [4.69, 9.17) is 5.11 Å². The molecule has 100 valence electrons. The Bertz CT molecular complexity index is 721. The predicted octanol–water partition coefficient (Wildman–Crippen LogP) is 2.11. The van der Waals surface area contributed by atoms with Crippen LogP contribution in [0.5, 0.6) is 0 Å². The molecule has 0 atom stereocenters. The molecule has 0 unspecified atom stereocenters. The third-order valence-corrected chi connectivity index (χ3v) is 3.61. The zero-order chi connectivity index (χ0) is 13.9. The fourth-order valence-electron chi connectivity index (χ4n) is 1.69. The van der Waals surface area contributed by atoms with Gasteiger partial charge in [0, 0.05) is 30.5 Å². The summed E-state index contributed by atoms with van der Waals surface area (Å²) in [5.41, 5.74) is 1.09. The van der Waals surface area contributed by atoms with Gasteiger partial charge in [0.2, 0.25) is 5.78 Å². The van der Waals surface area contributed by atoms with Crippen molar-refractivity contribution in [3.05, 3.63) is 54.2 Å². The zero-order valence-electron chi connectivity index (χ0n) is 10.3. The average Bonchev–Trinajstić information content (AvgIpc) is 2.88. The number of rotatable bonds is 4. The van der Waals surface area contributed by atoms with Gasteiger partial charge in [-0.2, -0.15) is 0 Å². The Labute approximate surface area is 118 Å². The molecule has 0 aliphatic heterocycles. The van der Waals surface area contributed by atoms with E-state index in [0.29, 0.717) is 11.5 Å². The van der Waals surface area contributed by atoms with Crippen LogP contribution in [-0.2, 0) is 5.75 Å². The van der Waals surface area contributed by atoms with Crippen molar-refractivity contribution in [1.82, 2.24) is 19.4 Å². The maximum atomic E-state index is 10.7. The van der Waals surface area contributed by atoms with E-state index >= 15 is 0 Å². The molecule has 3 aromatic rings. The number of carboxylic acid groups (broad SMARTS) is 1. The number of hydrogen-bond acceptors (Lipinski definition) is 5. The van der Waals surface area contributed by atoms with Gasteiger partial charge in [0.25, 0.3) is 0 Å². The van der Waals surface area contributed by atoms with Gasteiger partial charge >= 0.3 is 5.97 Å². The topological polar surface area (TPSA) is 80.4 Å². The molecule has 3 heterocycles. The second-order valence-electron chi connectivity index (χ2n) is 4.04. The van der Waals surface area contributed by atoms with E-state index in [-0.39, 0.29) is 5.56 Å². The number of carboxylic acids is 1. The molecule has 0 aliphatic rings. The van der Waals surface area contributed by atoms with Crippen LogP contribution in [0.2, 0.25) is 0 Å². The summed E-state index contributed by atoms with van der Waals surface area (Å²) in [7, 11) is 0. The third-order valence-electron chi connectivity index (χ3n) is 2.64. The summed E-state index contributed by atoms with van der Waals surface area (Å²) in [4.78, 5) is 23.4. The lowest BCUT2D eigenvalue weighted by molar-refractivity contribution is 0.0696. The monoisotopic (exact) mass is 286 g/mol. The number of nitrogens with zero attached hydrogens (tertiary/aromatic N) is 4. The first kappa shape index (κ1) is 12.6. The molecule has 0 aromatic carbocycles. The molecule has 7 heteroatoms. The van der Waals surface area contributed by atoms with Crippen molar-refractivity contribution >= 4 is 23.5 Å². The van der Waals surface area contributed by atoms with E-state index in [1.54, 1.807) is 18.3 Å². The van der Waals surface area contributed by atoms with Crippen LogP contribution >= 0.6 is 11.8 Å². The maximum absolute atomic E-state index is 10.7. The summed E-state index contributed by atoms with van der Waals surface area (Å²) in [6, 6.07) is 5.09. The first-order valence-electron chi connectivity index (χ1n) is 5.83. The van der Waals surface area contributed by atoms with Gasteiger partial charge in [-0.3, -0.25) is 4.40 Å². The molecule has 0 saturated heterocycles. The van der Waals surface area contributed by atoms with Crippen molar-refractivity contribution in [3.8, 4) is 0 Å². The third kappa shape index (κ3) is 2.62. The van der Waals surface area contributed by atoms with Crippen LogP contribution in [0.1, 0.15) is 16.1 Å². The molecule has 0 aliphatic carbocycles. The van der Waals surface area contributed by atoms with Gasteiger partial charge < -0.3 is 5.11 Å². The lowest BCUT2D eigenvalue weighted by Crippen LogP contribution is -1.96. The number of aromatic nitrogens is 4.